The number of hydrogen-bond donors (Lipinski definition) is 1. The van der Waals surface area contributed by atoms with Crippen LogP contribution in [-0.4, -0.2) is 11.5 Å². The van der Waals surface area contributed by atoms with E-state index in [0.717, 1.165) is 30.0 Å². The largest absolute Gasteiger partial charge is 0.487 e. The summed E-state index contributed by atoms with van der Waals surface area (Å²) in [5, 5.41) is 0. The maximum atomic E-state index is 5.95. The molecule has 2 N–H and O–H groups in total. The highest BCUT2D eigenvalue weighted by Crippen LogP contribution is 2.20. The summed E-state index contributed by atoms with van der Waals surface area (Å²) in [6.45, 7) is 5.31. The van der Waals surface area contributed by atoms with Crippen LogP contribution >= 0.6 is 0 Å². The molecule has 0 amide bonds. The Balaban J connectivity index is 2.13. The Morgan fingerprint density at radius 1 is 1.10 bits per heavy atom. The lowest BCUT2D eigenvalue weighted by atomic mass is 10.1. The third-order valence-electron chi connectivity index (χ3n) is 3.32. The average Bonchev–Trinajstić information content (AvgIpc) is 2.47. The molecule has 0 bridgehead atoms. The Morgan fingerprint density at radius 2 is 1.85 bits per heavy atom. The molecule has 1 aromatic carbocycles. The van der Waals surface area contributed by atoms with Crippen molar-refractivity contribution in [1.82, 2.24) is 4.98 Å². The SMILES string of the molecule is CCc1nc(C)ccc1OCc1ccccc1CCN. The summed E-state index contributed by atoms with van der Waals surface area (Å²) >= 11 is 0. The third kappa shape index (κ3) is 3.58. The van der Waals surface area contributed by atoms with Crippen LogP contribution in [0.4, 0.5) is 0 Å². The normalized spacial score (nSPS) is 10.6. The highest BCUT2D eigenvalue weighted by molar-refractivity contribution is 5.31. The fourth-order valence-corrected chi connectivity index (χ4v) is 2.24. The molecule has 2 rings (SSSR count). The maximum Gasteiger partial charge on any atom is 0.141 e. The molecule has 0 aliphatic rings. The molecule has 0 unspecified atom stereocenters. The summed E-state index contributed by atoms with van der Waals surface area (Å²) in [7, 11) is 0. The summed E-state index contributed by atoms with van der Waals surface area (Å²) in [5.41, 5.74) is 10.1. The van der Waals surface area contributed by atoms with E-state index in [4.69, 9.17) is 10.5 Å². The van der Waals surface area contributed by atoms with Crippen molar-refractivity contribution in [2.75, 3.05) is 6.54 Å². The van der Waals surface area contributed by atoms with Gasteiger partial charge in [0.25, 0.3) is 0 Å². The smallest absolute Gasteiger partial charge is 0.141 e. The van der Waals surface area contributed by atoms with E-state index < -0.39 is 0 Å². The zero-order valence-electron chi connectivity index (χ0n) is 12.2. The molecule has 0 fully saturated rings. The van der Waals surface area contributed by atoms with Crippen LogP contribution in [0.15, 0.2) is 36.4 Å². The van der Waals surface area contributed by atoms with Crippen LogP contribution < -0.4 is 10.5 Å². The molecule has 0 saturated carbocycles. The van der Waals surface area contributed by atoms with E-state index in [1.54, 1.807) is 0 Å². The van der Waals surface area contributed by atoms with Crippen LogP contribution in [0.25, 0.3) is 0 Å². The average molecular weight is 270 g/mol. The third-order valence-corrected chi connectivity index (χ3v) is 3.32. The second-order valence-electron chi connectivity index (χ2n) is 4.85. The molecule has 0 spiro atoms. The van der Waals surface area contributed by atoms with Crippen molar-refractivity contribution in [2.45, 2.75) is 33.3 Å². The van der Waals surface area contributed by atoms with Gasteiger partial charge in [0.1, 0.15) is 12.4 Å². The molecule has 0 aliphatic carbocycles. The Morgan fingerprint density at radius 3 is 2.55 bits per heavy atom. The molecular weight excluding hydrogens is 248 g/mol. The van der Waals surface area contributed by atoms with Gasteiger partial charge in [-0.3, -0.25) is 4.98 Å². The van der Waals surface area contributed by atoms with Crippen molar-refractivity contribution in [3.8, 4) is 5.75 Å². The van der Waals surface area contributed by atoms with Crippen LogP contribution in [-0.2, 0) is 19.4 Å². The van der Waals surface area contributed by atoms with Gasteiger partial charge in [-0.25, -0.2) is 0 Å². The quantitative estimate of drug-likeness (QED) is 0.877. The highest BCUT2D eigenvalue weighted by atomic mass is 16.5. The molecule has 1 heterocycles. The van der Waals surface area contributed by atoms with Crippen molar-refractivity contribution in [1.29, 1.82) is 0 Å². The van der Waals surface area contributed by atoms with Gasteiger partial charge in [0, 0.05) is 5.69 Å². The zero-order valence-corrected chi connectivity index (χ0v) is 12.2. The lowest BCUT2D eigenvalue weighted by molar-refractivity contribution is 0.300. The Bertz CT molecular complexity index is 567. The lowest BCUT2D eigenvalue weighted by Crippen LogP contribution is -2.07. The summed E-state index contributed by atoms with van der Waals surface area (Å²) in [5.74, 6) is 0.876. The first-order valence-electron chi connectivity index (χ1n) is 7.10. The number of rotatable bonds is 6. The van der Waals surface area contributed by atoms with E-state index in [2.05, 4.69) is 24.0 Å². The number of benzene rings is 1. The van der Waals surface area contributed by atoms with Crippen LogP contribution in [0, 0.1) is 6.92 Å². The van der Waals surface area contributed by atoms with Crippen molar-refractivity contribution in [2.24, 2.45) is 5.73 Å². The van der Waals surface area contributed by atoms with Gasteiger partial charge in [-0.15, -0.1) is 0 Å². The summed E-state index contributed by atoms with van der Waals surface area (Å²) < 4.78 is 5.95. The predicted octanol–water partition coefficient (Wildman–Crippen LogP) is 3.03. The van der Waals surface area contributed by atoms with E-state index >= 15 is 0 Å². The van der Waals surface area contributed by atoms with Crippen molar-refractivity contribution in [3.63, 3.8) is 0 Å². The van der Waals surface area contributed by atoms with E-state index in [0.29, 0.717) is 13.2 Å². The minimum Gasteiger partial charge on any atom is -0.487 e. The van der Waals surface area contributed by atoms with Gasteiger partial charge in [-0.2, -0.15) is 0 Å². The molecule has 0 saturated heterocycles. The molecule has 3 heteroatoms. The van der Waals surface area contributed by atoms with Gasteiger partial charge < -0.3 is 10.5 Å². The molecule has 3 nitrogen and oxygen atoms in total. The van der Waals surface area contributed by atoms with Gasteiger partial charge in [0.15, 0.2) is 0 Å². The first-order chi connectivity index (χ1) is 9.74. The second-order valence-corrected chi connectivity index (χ2v) is 4.85. The van der Waals surface area contributed by atoms with Gasteiger partial charge in [-0.05, 0) is 49.6 Å². The lowest BCUT2D eigenvalue weighted by Gasteiger charge is -2.13. The number of aryl methyl sites for hydroxylation is 2. The second kappa shape index (κ2) is 7.06. The number of hydrogen-bond acceptors (Lipinski definition) is 3. The molecule has 1 aromatic heterocycles. The maximum absolute atomic E-state index is 5.95. The number of nitrogens with zero attached hydrogens (tertiary/aromatic N) is 1. The van der Waals surface area contributed by atoms with Gasteiger partial charge in [0.05, 0.1) is 5.69 Å². The summed E-state index contributed by atoms with van der Waals surface area (Å²) in [6.07, 6.45) is 1.76. The summed E-state index contributed by atoms with van der Waals surface area (Å²) in [4.78, 5) is 4.52. The Kier molecular flexibility index (Phi) is 5.13. The molecule has 0 radical (unpaired) electrons. The van der Waals surface area contributed by atoms with E-state index in [1.807, 2.05) is 31.2 Å². The Labute approximate surface area is 120 Å². The summed E-state index contributed by atoms with van der Waals surface area (Å²) in [6, 6.07) is 12.3. The first kappa shape index (κ1) is 14.5. The monoisotopic (exact) mass is 270 g/mol. The topological polar surface area (TPSA) is 48.1 Å². The van der Waals surface area contributed by atoms with Crippen molar-refractivity contribution in [3.05, 3.63) is 58.9 Å². The highest BCUT2D eigenvalue weighted by Gasteiger charge is 2.06. The molecule has 2 aromatic rings. The van der Waals surface area contributed by atoms with Crippen molar-refractivity contribution < 1.29 is 4.74 Å². The first-order valence-corrected chi connectivity index (χ1v) is 7.10. The van der Waals surface area contributed by atoms with E-state index in [-0.39, 0.29) is 0 Å². The van der Waals surface area contributed by atoms with E-state index in [1.165, 1.54) is 11.1 Å². The standard InChI is InChI=1S/C17H22N2O/c1-3-16-17(9-8-13(2)19-16)20-12-15-7-5-4-6-14(15)10-11-18/h4-9H,3,10-12,18H2,1-2H3. The fraction of sp³-hybridized carbons (Fsp3) is 0.353. The van der Waals surface area contributed by atoms with Gasteiger partial charge in [-0.1, -0.05) is 31.2 Å². The van der Waals surface area contributed by atoms with Gasteiger partial charge >= 0.3 is 0 Å². The minimum absolute atomic E-state index is 0.563. The van der Waals surface area contributed by atoms with Crippen LogP contribution in [0.3, 0.4) is 0 Å². The molecule has 20 heavy (non-hydrogen) atoms. The van der Waals surface area contributed by atoms with Crippen LogP contribution in [0.2, 0.25) is 0 Å². The fourth-order valence-electron chi connectivity index (χ4n) is 2.24. The van der Waals surface area contributed by atoms with Gasteiger partial charge in [0.2, 0.25) is 0 Å². The molecule has 0 atom stereocenters. The number of ether oxygens (including phenoxy) is 1. The van der Waals surface area contributed by atoms with Crippen LogP contribution in [0.1, 0.15) is 29.4 Å². The Hall–Kier alpha value is -1.87. The number of pyridine rings is 1. The number of aromatic nitrogens is 1. The number of nitrogens with two attached hydrogens (primary N) is 1. The molecule has 106 valence electrons. The zero-order chi connectivity index (χ0) is 14.4. The van der Waals surface area contributed by atoms with Crippen LogP contribution in [0.5, 0.6) is 5.75 Å². The minimum atomic E-state index is 0.563. The molecule has 0 aliphatic heterocycles. The predicted molar refractivity (Wildman–Crippen MR) is 81.9 cm³/mol. The van der Waals surface area contributed by atoms with E-state index in [9.17, 15) is 0 Å². The molecular formula is C17H22N2O. The van der Waals surface area contributed by atoms with Crippen molar-refractivity contribution >= 4 is 0 Å².